The van der Waals surface area contributed by atoms with Crippen LogP contribution in [0.3, 0.4) is 0 Å². The Balaban J connectivity index is 3.08. The molecule has 0 fully saturated rings. The van der Waals surface area contributed by atoms with E-state index in [4.69, 9.17) is 11.6 Å². The smallest absolute Gasteiger partial charge is 0.253 e. The van der Waals surface area contributed by atoms with Gasteiger partial charge in [0.1, 0.15) is 5.15 Å². The molecule has 0 spiro atoms. The Bertz CT molecular complexity index is 498. The molecule has 1 aromatic heterocycles. The molecule has 1 amide bonds. The monoisotopic (exact) mass is 296 g/mol. The molecule has 0 saturated carbocycles. The summed E-state index contributed by atoms with van der Waals surface area (Å²) in [6.45, 7) is 13.2. The second kappa shape index (κ2) is 5.72. The maximum absolute atomic E-state index is 12.5. The zero-order chi connectivity index (χ0) is 15.7. The first-order valence-electron chi connectivity index (χ1n) is 6.84. The van der Waals surface area contributed by atoms with Crippen molar-refractivity contribution in [3.05, 3.63) is 28.5 Å². The van der Waals surface area contributed by atoms with E-state index in [-0.39, 0.29) is 16.7 Å². The van der Waals surface area contributed by atoms with E-state index in [1.165, 1.54) is 0 Å². The summed E-state index contributed by atoms with van der Waals surface area (Å²) in [5, 5.41) is 0.366. The van der Waals surface area contributed by atoms with Gasteiger partial charge in [-0.3, -0.25) is 4.79 Å². The third-order valence-electron chi connectivity index (χ3n) is 2.87. The Labute approximate surface area is 127 Å². The van der Waals surface area contributed by atoms with Crippen LogP contribution in [0, 0.1) is 5.41 Å². The lowest BCUT2D eigenvalue weighted by molar-refractivity contribution is 0.0745. The van der Waals surface area contributed by atoms with Crippen LogP contribution in [0.4, 0.5) is 0 Å². The van der Waals surface area contributed by atoms with Crippen molar-refractivity contribution in [1.29, 1.82) is 0 Å². The number of aromatic nitrogens is 1. The Morgan fingerprint density at radius 1 is 1.20 bits per heavy atom. The topological polar surface area (TPSA) is 33.2 Å². The molecule has 0 aromatic carbocycles. The molecule has 0 aliphatic heterocycles. The van der Waals surface area contributed by atoms with E-state index < -0.39 is 0 Å². The highest BCUT2D eigenvalue weighted by molar-refractivity contribution is 6.29. The minimum absolute atomic E-state index is 0.0188. The quantitative estimate of drug-likeness (QED) is 0.768. The first kappa shape index (κ1) is 17.0. The number of nitrogens with zero attached hydrogens (tertiary/aromatic N) is 2. The zero-order valence-corrected chi connectivity index (χ0v) is 14.3. The molecule has 0 N–H and O–H groups in total. The van der Waals surface area contributed by atoms with E-state index in [1.807, 2.05) is 13.1 Å². The number of carbonyl (C=O) groups is 1. The maximum Gasteiger partial charge on any atom is 0.253 e. The van der Waals surface area contributed by atoms with Crippen molar-refractivity contribution < 1.29 is 4.79 Å². The van der Waals surface area contributed by atoms with Crippen LogP contribution in [0.25, 0.3) is 0 Å². The van der Waals surface area contributed by atoms with E-state index in [0.717, 1.165) is 5.69 Å². The van der Waals surface area contributed by atoms with E-state index >= 15 is 0 Å². The lowest BCUT2D eigenvalue weighted by Crippen LogP contribution is -2.34. The van der Waals surface area contributed by atoms with Gasteiger partial charge in [0.15, 0.2) is 0 Å². The van der Waals surface area contributed by atoms with Crippen molar-refractivity contribution in [3.63, 3.8) is 0 Å². The molecule has 4 heteroatoms. The van der Waals surface area contributed by atoms with Crippen molar-refractivity contribution in [2.24, 2.45) is 5.41 Å². The average molecular weight is 297 g/mol. The number of hydrogen-bond donors (Lipinski definition) is 0. The van der Waals surface area contributed by atoms with Gasteiger partial charge in [0, 0.05) is 30.3 Å². The van der Waals surface area contributed by atoms with Gasteiger partial charge in [0.25, 0.3) is 5.91 Å². The SMILES string of the molecule is CN(CC(C)(C)C)C(=O)c1cc(Cl)nc(C(C)(C)C)c1. The lowest BCUT2D eigenvalue weighted by Gasteiger charge is -2.27. The van der Waals surface area contributed by atoms with Gasteiger partial charge in [0.05, 0.1) is 0 Å². The third kappa shape index (κ3) is 4.78. The van der Waals surface area contributed by atoms with Crippen LogP contribution in [-0.2, 0) is 5.41 Å². The summed E-state index contributed by atoms with van der Waals surface area (Å²) in [7, 11) is 1.82. The highest BCUT2D eigenvalue weighted by Gasteiger charge is 2.22. The summed E-state index contributed by atoms with van der Waals surface area (Å²) in [4.78, 5) is 18.5. The van der Waals surface area contributed by atoms with Gasteiger partial charge in [-0.25, -0.2) is 4.98 Å². The van der Waals surface area contributed by atoms with Crippen LogP contribution in [0.2, 0.25) is 5.15 Å². The number of amides is 1. The maximum atomic E-state index is 12.5. The number of rotatable bonds is 2. The fourth-order valence-electron chi connectivity index (χ4n) is 2.01. The molecule has 1 heterocycles. The molecular weight excluding hydrogens is 272 g/mol. The highest BCUT2D eigenvalue weighted by Crippen LogP contribution is 2.24. The van der Waals surface area contributed by atoms with Gasteiger partial charge in [-0.1, -0.05) is 53.1 Å². The molecule has 1 rings (SSSR count). The Hall–Kier alpha value is -1.09. The van der Waals surface area contributed by atoms with E-state index in [1.54, 1.807) is 11.0 Å². The van der Waals surface area contributed by atoms with Crippen LogP contribution in [0.1, 0.15) is 57.6 Å². The fraction of sp³-hybridized carbons (Fsp3) is 0.625. The fourth-order valence-corrected chi connectivity index (χ4v) is 2.22. The molecule has 1 aromatic rings. The zero-order valence-electron chi connectivity index (χ0n) is 13.5. The Morgan fingerprint density at radius 3 is 2.20 bits per heavy atom. The Kier molecular flexibility index (Phi) is 4.86. The minimum atomic E-state index is -0.136. The summed E-state index contributed by atoms with van der Waals surface area (Å²) in [5.41, 5.74) is 1.36. The van der Waals surface area contributed by atoms with Crippen LogP contribution in [-0.4, -0.2) is 29.4 Å². The normalized spacial score (nSPS) is 12.4. The molecule has 3 nitrogen and oxygen atoms in total. The van der Waals surface area contributed by atoms with Crippen molar-refractivity contribution in [2.75, 3.05) is 13.6 Å². The van der Waals surface area contributed by atoms with Crippen molar-refractivity contribution in [3.8, 4) is 0 Å². The summed E-state index contributed by atoms with van der Waals surface area (Å²) in [6, 6.07) is 3.48. The third-order valence-corrected chi connectivity index (χ3v) is 3.06. The van der Waals surface area contributed by atoms with Gasteiger partial charge < -0.3 is 4.90 Å². The highest BCUT2D eigenvalue weighted by atomic mass is 35.5. The number of hydrogen-bond acceptors (Lipinski definition) is 2. The second-order valence-corrected chi connectivity index (χ2v) is 7.92. The number of pyridine rings is 1. The van der Waals surface area contributed by atoms with Crippen LogP contribution < -0.4 is 0 Å². The van der Waals surface area contributed by atoms with Gasteiger partial charge in [-0.2, -0.15) is 0 Å². The van der Waals surface area contributed by atoms with Crippen molar-refractivity contribution in [1.82, 2.24) is 9.88 Å². The Morgan fingerprint density at radius 2 is 1.75 bits per heavy atom. The summed E-state index contributed by atoms with van der Waals surface area (Å²) < 4.78 is 0. The van der Waals surface area contributed by atoms with Gasteiger partial charge >= 0.3 is 0 Å². The minimum Gasteiger partial charge on any atom is -0.341 e. The molecule has 112 valence electrons. The number of carbonyl (C=O) groups excluding carboxylic acids is 1. The van der Waals surface area contributed by atoms with Crippen molar-refractivity contribution in [2.45, 2.75) is 47.0 Å². The standard InChI is InChI=1S/C16H25ClN2O/c1-15(2,3)10-19(7)14(20)11-8-12(16(4,5)6)18-13(17)9-11/h8-9H,10H2,1-7H3. The second-order valence-electron chi connectivity index (χ2n) is 7.54. The van der Waals surface area contributed by atoms with Crippen LogP contribution in [0.5, 0.6) is 0 Å². The molecular formula is C16H25ClN2O. The van der Waals surface area contributed by atoms with Gasteiger partial charge in [-0.15, -0.1) is 0 Å². The predicted molar refractivity (Wildman–Crippen MR) is 84.4 cm³/mol. The first-order chi connectivity index (χ1) is 8.90. The lowest BCUT2D eigenvalue weighted by atomic mass is 9.90. The average Bonchev–Trinajstić information content (AvgIpc) is 2.23. The first-order valence-corrected chi connectivity index (χ1v) is 7.21. The van der Waals surface area contributed by atoms with E-state index in [9.17, 15) is 4.79 Å². The molecule has 0 aliphatic carbocycles. The van der Waals surface area contributed by atoms with E-state index in [0.29, 0.717) is 17.3 Å². The van der Waals surface area contributed by atoms with Gasteiger partial charge in [-0.05, 0) is 17.5 Å². The molecule has 0 radical (unpaired) electrons. The van der Waals surface area contributed by atoms with Gasteiger partial charge in [0.2, 0.25) is 0 Å². The molecule has 0 unspecified atom stereocenters. The molecule has 0 bridgehead atoms. The molecule has 0 aliphatic rings. The number of halogens is 1. The summed E-state index contributed by atoms with van der Waals surface area (Å²) in [6.07, 6.45) is 0. The summed E-state index contributed by atoms with van der Waals surface area (Å²) in [5.74, 6) is -0.0188. The van der Waals surface area contributed by atoms with Crippen LogP contribution in [0.15, 0.2) is 12.1 Å². The molecule has 0 atom stereocenters. The van der Waals surface area contributed by atoms with Crippen molar-refractivity contribution >= 4 is 17.5 Å². The predicted octanol–water partition coefficient (Wildman–Crippen LogP) is 4.15. The van der Waals surface area contributed by atoms with E-state index in [2.05, 4.69) is 46.5 Å². The largest absolute Gasteiger partial charge is 0.341 e. The summed E-state index contributed by atoms with van der Waals surface area (Å²) >= 11 is 6.06. The van der Waals surface area contributed by atoms with Crippen LogP contribution >= 0.6 is 11.6 Å². The molecule has 20 heavy (non-hydrogen) atoms. The molecule has 0 saturated heterocycles.